The zero-order valence-corrected chi connectivity index (χ0v) is 9.72. The van der Waals surface area contributed by atoms with Gasteiger partial charge in [-0.3, -0.25) is 9.78 Å². The SMILES string of the molecule is O=Cc1ccccc1OCc1ccncc1Cl. The van der Waals surface area contributed by atoms with Crippen molar-refractivity contribution in [3.8, 4) is 5.75 Å². The van der Waals surface area contributed by atoms with Gasteiger partial charge < -0.3 is 4.74 Å². The van der Waals surface area contributed by atoms with Crippen LogP contribution >= 0.6 is 11.6 Å². The summed E-state index contributed by atoms with van der Waals surface area (Å²) in [4.78, 5) is 14.7. The van der Waals surface area contributed by atoms with Crippen LogP contribution in [0.25, 0.3) is 0 Å². The minimum atomic E-state index is 0.312. The van der Waals surface area contributed by atoms with E-state index >= 15 is 0 Å². The number of halogens is 1. The van der Waals surface area contributed by atoms with E-state index in [2.05, 4.69) is 4.98 Å². The molecule has 0 spiro atoms. The van der Waals surface area contributed by atoms with Crippen LogP contribution in [0.2, 0.25) is 5.02 Å². The van der Waals surface area contributed by atoms with Crippen molar-refractivity contribution in [1.82, 2.24) is 4.98 Å². The number of carbonyl (C=O) groups excluding carboxylic acids is 1. The van der Waals surface area contributed by atoms with E-state index in [4.69, 9.17) is 16.3 Å². The molecule has 0 N–H and O–H groups in total. The van der Waals surface area contributed by atoms with E-state index in [0.717, 1.165) is 11.8 Å². The normalized spacial score (nSPS) is 9.94. The molecule has 0 aliphatic carbocycles. The monoisotopic (exact) mass is 247 g/mol. The Morgan fingerprint density at radius 2 is 2.12 bits per heavy atom. The zero-order valence-electron chi connectivity index (χ0n) is 8.97. The molecule has 3 nitrogen and oxygen atoms in total. The average molecular weight is 248 g/mol. The first-order valence-corrected chi connectivity index (χ1v) is 5.44. The minimum absolute atomic E-state index is 0.312. The minimum Gasteiger partial charge on any atom is -0.488 e. The first-order chi connectivity index (χ1) is 8.31. The van der Waals surface area contributed by atoms with Gasteiger partial charge in [0, 0.05) is 18.0 Å². The first kappa shape index (κ1) is 11.6. The van der Waals surface area contributed by atoms with Gasteiger partial charge in [-0.1, -0.05) is 23.7 Å². The summed E-state index contributed by atoms with van der Waals surface area (Å²) in [5, 5.41) is 0.552. The Kier molecular flexibility index (Phi) is 3.73. The molecule has 0 atom stereocenters. The Bertz CT molecular complexity index is 528. The highest BCUT2D eigenvalue weighted by Crippen LogP contribution is 2.20. The van der Waals surface area contributed by atoms with E-state index in [-0.39, 0.29) is 0 Å². The topological polar surface area (TPSA) is 39.2 Å². The third-order valence-electron chi connectivity index (χ3n) is 2.29. The molecule has 4 heteroatoms. The summed E-state index contributed by atoms with van der Waals surface area (Å²) in [6.07, 6.45) is 3.98. The number of carbonyl (C=O) groups is 1. The Labute approximate surface area is 104 Å². The van der Waals surface area contributed by atoms with E-state index in [9.17, 15) is 4.79 Å². The standard InChI is InChI=1S/C13H10ClNO2/c14-12-7-15-6-5-11(12)9-17-13-4-2-1-3-10(13)8-16/h1-8H,9H2. The fraction of sp³-hybridized carbons (Fsp3) is 0.0769. The molecule has 86 valence electrons. The van der Waals surface area contributed by atoms with Crippen LogP contribution in [0.1, 0.15) is 15.9 Å². The summed E-state index contributed by atoms with van der Waals surface area (Å²) < 4.78 is 5.55. The molecule has 1 heterocycles. The fourth-order valence-corrected chi connectivity index (χ4v) is 1.56. The molecule has 17 heavy (non-hydrogen) atoms. The van der Waals surface area contributed by atoms with Crippen molar-refractivity contribution >= 4 is 17.9 Å². The van der Waals surface area contributed by atoms with Crippen LogP contribution in [0, 0.1) is 0 Å². The smallest absolute Gasteiger partial charge is 0.153 e. The number of pyridine rings is 1. The van der Waals surface area contributed by atoms with Crippen molar-refractivity contribution in [2.45, 2.75) is 6.61 Å². The third kappa shape index (κ3) is 2.82. The van der Waals surface area contributed by atoms with Crippen molar-refractivity contribution in [3.05, 3.63) is 58.9 Å². The summed E-state index contributed by atoms with van der Waals surface area (Å²) in [5.41, 5.74) is 1.36. The lowest BCUT2D eigenvalue weighted by Crippen LogP contribution is -1.99. The number of ether oxygens (including phenoxy) is 1. The molecular formula is C13H10ClNO2. The van der Waals surface area contributed by atoms with Gasteiger partial charge in [-0.15, -0.1) is 0 Å². The van der Waals surface area contributed by atoms with Crippen LogP contribution in [0.5, 0.6) is 5.75 Å². The molecule has 1 aromatic carbocycles. The number of nitrogens with zero attached hydrogens (tertiary/aromatic N) is 1. The molecule has 0 fully saturated rings. The second-order valence-corrected chi connectivity index (χ2v) is 3.82. The van der Waals surface area contributed by atoms with E-state index < -0.39 is 0 Å². The van der Waals surface area contributed by atoms with Crippen LogP contribution in [-0.4, -0.2) is 11.3 Å². The summed E-state index contributed by atoms with van der Waals surface area (Å²) in [5.74, 6) is 0.551. The van der Waals surface area contributed by atoms with E-state index in [1.807, 2.05) is 6.07 Å². The van der Waals surface area contributed by atoms with Crippen LogP contribution in [-0.2, 0) is 6.61 Å². The Balaban J connectivity index is 2.13. The molecule has 1 aromatic heterocycles. The highest BCUT2D eigenvalue weighted by atomic mass is 35.5. The summed E-state index contributed by atoms with van der Waals surface area (Å²) >= 11 is 5.95. The highest BCUT2D eigenvalue weighted by Gasteiger charge is 2.04. The van der Waals surface area contributed by atoms with Crippen LogP contribution < -0.4 is 4.74 Å². The molecule has 0 unspecified atom stereocenters. The predicted molar refractivity (Wildman–Crippen MR) is 65.4 cm³/mol. The highest BCUT2D eigenvalue weighted by molar-refractivity contribution is 6.31. The van der Waals surface area contributed by atoms with Crippen molar-refractivity contribution in [2.24, 2.45) is 0 Å². The maximum absolute atomic E-state index is 10.8. The first-order valence-electron chi connectivity index (χ1n) is 5.06. The van der Waals surface area contributed by atoms with Crippen molar-refractivity contribution in [1.29, 1.82) is 0 Å². The van der Waals surface area contributed by atoms with Gasteiger partial charge in [0.2, 0.25) is 0 Å². The lowest BCUT2D eigenvalue weighted by molar-refractivity contribution is 0.111. The van der Waals surface area contributed by atoms with Gasteiger partial charge in [0.1, 0.15) is 12.4 Å². The molecule has 0 aliphatic rings. The number of rotatable bonds is 4. The lowest BCUT2D eigenvalue weighted by atomic mass is 10.2. The number of para-hydroxylation sites is 1. The molecule has 0 amide bonds. The Morgan fingerprint density at radius 3 is 2.88 bits per heavy atom. The van der Waals surface area contributed by atoms with Crippen LogP contribution in [0.4, 0.5) is 0 Å². The summed E-state index contributed by atoms with van der Waals surface area (Å²) in [6, 6.07) is 8.84. The number of benzene rings is 1. The molecule has 0 bridgehead atoms. The summed E-state index contributed by atoms with van der Waals surface area (Å²) in [7, 11) is 0. The quantitative estimate of drug-likeness (QED) is 0.780. The number of hydrogen-bond acceptors (Lipinski definition) is 3. The van der Waals surface area contributed by atoms with Gasteiger partial charge in [-0.25, -0.2) is 0 Å². The van der Waals surface area contributed by atoms with Crippen molar-refractivity contribution in [2.75, 3.05) is 0 Å². The maximum Gasteiger partial charge on any atom is 0.153 e. The van der Waals surface area contributed by atoms with Crippen LogP contribution in [0.3, 0.4) is 0 Å². The van der Waals surface area contributed by atoms with Gasteiger partial charge in [0.15, 0.2) is 6.29 Å². The van der Waals surface area contributed by atoms with E-state index in [0.29, 0.717) is 22.9 Å². The van der Waals surface area contributed by atoms with Gasteiger partial charge >= 0.3 is 0 Å². The molecule has 0 radical (unpaired) electrons. The molecule has 0 saturated carbocycles. The second kappa shape index (κ2) is 5.46. The maximum atomic E-state index is 10.8. The van der Waals surface area contributed by atoms with Gasteiger partial charge in [0.05, 0.1) is 10.6 Å². The third-order valence-corrected chi connectivity index (χ3v) is 2.63. The molecule has 0 aliphatic heterocycles. The Morgan fingerprint density at radius 1 is 1.29 bits per heavy atom. The number of aldehydes is 1. The predicted octanol–water partition coefficient (Wildman–Crippen LogP) is 3.13. The Hall–Kier alpha value is -1.87. The number of hydrogen-bond donors (Lipinski definition) is 0. The summed E-state index contributed by atoms with van der Waals surface area (Å²) in [6.45, 7) is 0.312. The fourth-order valence-electron chi connectivity index (χ4n) is 1.39. The van der Waals surface area contributed by atoms with Gasteiger partial charge in [-0.2, -0.15) is 0 Å². The van der Waals surface area contributed by atoms with Gasteiger partial charge in [0.25, 0.3) is 0 Å². The zero-order chi connectivity index (χ0) is 12.1. The van der Waals surface area contributed by atoms with Crippen molar-refractivity contribution in [3.63, 3.8) is 0 Å². The molecular weight excluding hydrogens is 238 g/mol. The lowest BCUT2D eigenvalue weighted by Gasteiger charge is -2.08. The second-order valence-electron chi connectivity index (χ2n) is 3.41. The van der Waals surface area contributed by atoms with Gasteiger partial charge in [-0.05, 0) is 18.2 Å². The molecule has 2 aromatic rings. The van der Waals surface area contributed by atoms with Crippen molar-refractivity contribution < 1.29 is 9.53 Å². The van der Waals surface area contributed by atoms with Crippen LogP contribution in [0.15, 0.2) is 42.7 Å². The molecule has 2 rings (SSSR count). The average Bonchev–Trinajstić information content (AvgIpc) is 2.38. The van der Waals surface area contributed by atoms with E-state index in [1.54, 1.807) is 36.7 Å². The molecule has 0 saturated heterocycles. The largest absolute Gasteiger partial charge is 0.488 e. The number of aromatic nitrogens is 1. The van der Waals surface area contributed by atoms with E-state index in [1.165, 1.54) is 0 Å².